The number of hydrogen-bond donors (Lipinski definition) is 0. The molecule has 90 valence electrons. The zero-order chi connectivity index (χ0) is 12.5. The molecule has 2 rings (SSSR count). The number of ether oxygens (including phenoxy) is 1. The summed E-state index contributed by atoms with van der Waals surface area (Å²) in [6.45, 7) is 5.76. The Kier molecular flexibility index (Phi) is 3.05. The van der Waals surface area contributed by atoms with Gasteiger partial charge in [-0.2, -0.15) is 0 Å². The predicted molar refractivity (Wildman–Crippen MR) is 68.3 cm³/mol. The average molecular weight is 230 g/mol. The average Bonchev–Trinajstić information content (AvgIpc) is 2.38. The van der Waals surface area contributed by atoms with E-state index in [1.165, 1.54) is 0 Å². The summed E-state index contributed by atoms with van der Waals surface area (Å²) in [7, 11) is 1.64. The molecular formula is C15H18O2. The van der Waals surface area contributed by atoms with Crippen molar-refractivity contribution >= 4 is 5.78 Å². The Morgan fingerprint density at radius 2 is 2.12 bits per heavy atom. The molecule has 17 heavy (non-hydrogen) atoms. The fourth-order valence-electron chi connectivity index (χ4n) is 2.77. The normalized spacial score (nSPS) is 27.4. The zero-order valence-corrected chi connectivity index (χ0v) is 10.4. The van der Waals surface area contributed by atoms with Gasteiger partial charge in [0.05, 0.1) is 12.5 Å². The Morgan fingerprint density at radius 3 is 2.53 bits per heavy atom. The van der Waals surface area contributed by atoms with Gasteiger partial charge in [0, 0.05) is 5.92 Å². The molecule has 0 spiro atoms. The van der Waals surface area contributed by atoms with E-state index in [1.807, 2.05) is 37.3 Å². The lowest BCUT2D eigenvalue weighted by Crippen LogP contribution is -2.50. The molecule has 0 N–H and O–H groups in total. The van der Waals surface area contributed by atoms with Gasteiger partial charge in [0.1, 0.15) is 11.5 Å². The number of carbonyl (C=O) groups is 1. The molecule has 1 saturated carbocycles. The van der Waals surface area contributed by atoms with Crippen LogP contribution in [0.3, 0.4) is 0 Å². The van der Waals surface area contributed by atoms with Gasteiger partial charge in [0.15, 0.2) is 0 Å². The van der Waals surface area contributed by atoms with Crippen molar-refractivity contribution in [1.29, 1.82) is 0 Å². The van der Waals surface area contributed by atoms with Gasteiger partial charge in [-0.25, -0.2) is 0 Å². The quantitative estimate of drug-likeness (QED) is 0.743. The highest BCUT2D eigenvalue weighted by atomic mass is 16.5. The van der Waals surface area contributed by atoms with E-state index in [-0.39, 0.29) is 11.3 Å². The van der Waals surface area contributed by atoms with Crippen molar-refractivity contribution in [3.63, 3.8) is 0 Å². The summed E-state index contributed by atoms with van der Waals surface area (Å²) in [5, 5.41) is 0. The van der Waals surface area contributed by atoms with Crippen LogP contribution in [0.25, 0.3) is 0 Å². The number of hydrogen-bond acceptors (Lipinski definition) is 2. The first-order chi connectivity index (χ1) is 8.14. The zero-order valence-electron chi connectivity index (χ0n) is 10.4. The standard InChI is InChI=1S/C15H18O2/c1-4-9-15(10-11(2)14(15)16)12-5-7-13(17-3)8-6-12/h4-8,11H,1,9-10H2,2-3H3/t11-,15-/m1/s1. The molecule has 2 nitrogen and oxygen atoms in total. The van der Waals surface area contributed by atoms with Crippen molar-refractivity contribution in [2.45, 2.75) is 25.2 Å². The largest absolute Gasteiger partial charge is 0.497 e. The Balaban J connectivity index is 2.33. The van der Waals surface area contributed by atoms with Crippen LogP contribution in [0.4, 0.5) is 0 Å². The number of benzene rings is 1. The molecule has 0 bridgehead atoms. The van der Waals surface area contributed by atoms with E-state index in [9.17, 15) is 4.79 Å². The predicted octanol–water partition coefficient (Wildman–Crippen LogP) is 3.12. The van der Waals surface area contributed by atoms with Crippen LogP contribution >= 0.6 is 0 Å². The molecule has 0 unspecified atom stereocenters. The SMILES string of the molecule is C=CC[C@]1(c2ccc(OC)cc2)C[C@@H](C)C1=O. The van der Waals surface area contributed by atoms with E-state index in [2.05, 4.69) is 6.58 Å². The third kappa shape index (κ3) is 1.78. The first-order valence-corrected chi connectivity index (χ1v) is 5.94. The van der Waals surface area contributed by atoms with E-state index in [0.29, 0.717) is 5.78 Å². The van der Waals surface area contributed by atoms with Gasteiger partial charge in [-0.3, -0.25) is 4.79 Å². The number of rotatable bonds is 4. The second kappa shape index (κ2) is 4.36. The molecule has 0 amide bonds. The van der Waals surface area contributed by atoms with Gasteiger partial charge in [-0.15, -0.1) is 6.58 Å². The van der Waals surface area contributed by atoms with Gasteiger partial charge >= 0.3 is 0 Å². The summed E-state index contributed by atoms with van der Waals surface area (Å²) < 4.78 is 5.14. The summed E-state index contributed by atoms with van der Waals surface area (Å²) >= 11 is 0. The minimum atomic E-state index is -0.326. The second-order valence-corrected chi connectivity index (χ2v) is 4.77. The van der Waals surface area contributed by atoms with Crippen molar-refractivity contribution in [2.24, 2.45) is 5.92 Å². The van der Waals surface area contributed by atoms with Crippen LogP contribution in [0.15, 0.2) is 36.9 Å². The Bertz CT molecular complexity index is 433. The highest BCUT2D eigenvalue weighted by molar-refractivity contribution is 5.98. The smallest absolute Gasteiger partial charge is 0.146 e. The summed E-state index contributed by atoms with van der Waals surface area (Å²) in [5.41, 5.74) is 0.759. The minimum absolute atomic E-state index is 0.178. The number of ketones is 1. The van der Waals surface area contributed by atoms with Gasteiger partial charge in [0.25, 0.3) is 0 Å². The second-order valence-electron chi connectivity index (χ2n) is 4.77. The topological polar surface area (TPSA) is 26.3 Å². The molecule has 0 saturated heterocycles. The summed E-state index contributed by atoms with van der Waals surface area (Å²) in [6.07, 6.45) is 3.49. The van der Waals surface area contributed by atoms with E-state index in [0.717, 1.165) is 24.2 Å². The molecule has 1 aliphatic rings. The minimum Gasteiger partial charge on any atom is -0.497 e. The molecule has 1 aromatic rings. The van der Waals surface area contributed by atoms with Crippen molar-refractivity contribution < 1.29 is 9.53 Å². The number of allylic oxidation sites excluding steroid dienone is 1. The Labute approximate surface area is 102 Å². The van der Waals surface area contributed by atoms with Crippen molar-refractivity contribution in [1.82, 2.24) is 0 Å². The van der Waals surface area contributed by atoms with Crippen LogP contribution in [0.5, 0.6) is 5.75 Å². The van der Waals surface area contributed by atoms with Gasteiger partial charge in [-0.1, -0.05) is 25.1 Å². The van der Waals surface area contributed by atoms with E-state index in [4.69, 9.17) is 4.74 Å². The Morgan fingerprint density at radius 1 is 1.47 bits per heavy atom. The number of methoxy groups -OCH3 is 1. The molecule has 1 fully saturated rings. The number of Topliss-reactive ketones (excluding diaryl/α,β-unsaturated/α-hetero) is 1. The molecular weight excluding hydrogens is 212 g/mol. The molecule has 0 aliphatic heterocycles. The van der Waals surface area contributed by atoms with Crippen LogP contribution in [-0.2, 0) is 10.2 Å². The van der Waals surface area contributed by atoms with Crippen LogP contribution in [0, 0.1) is 5.92 Å². The van der Waals surface area contributed by atoms with E-state index < -0.39 is 0 Å². The van der Waals surface area contributed by atoms with Crippen molar-refractivity contribution in [3.8, 4) is 5.75 Å². The molecule has 1 aromatic carbocycles. The lowest BCUT2D eigenvalue weighted by atomic mass is 9.56. The molecule has 0 aromatic heterocycles. The van der Waals surface area contributed by atoms with Gasteiger partial charge in [-0.05, 0) is 30.5 Å². The van der Waals surface area contributed by atoms with Crippen molar-refractivity contribution in [3.05, 3.63) is 42.5 Å². The fraction of sp³-hybridized carbons (Fsp3) is 0.400. The van der Waals surface area contributed by atoms with Gasteiger partial charge in [0.2, 0.25) is 0 Å². The number of carbonyl (C=O) groups excluding carboxylic acids is 1. The highest BCUT2D eigenvalue weighted by Crippen LogP contribution is 2.47. The Hall–Kier alpha value is -1.57. The van der Waals surface area contributed by atoms with Crippen LogP contribution in [-0.4, -0.2) is 12.9 Å². The maximum absolute atomic E-state index is 12.1. The van der Waals surface area contributed by atoms with Crippen LogP contribution < -0.4 is 4.74 Å². The molecule has 2 heteroatoms. The molecule has 0 radical (unpaired) electrons. The third-order valence-electron chi connectivity index (χ3n) is 3.71. The molecule has 1 aliphatic carbocycles. The van der Waals surface area contributed by atoms with Gasteiger partial charge < -0.3 is 4.74 Å². The first kappa shape index (κ1) is 11.9. The van der Waals surface area contributed by atoms with Crippen LogP contribution in [0.1, 0.15) is 25.3 Å². The lowest BCUT2D eigenvalue weighted by molar-refractivity contribution is -0.137. The first-order valence-electron chi connectivity index (χ1n) is 5.94. The third-order valence-corrected chi connectivity index (χ3v) is 3.71. The van der Waals surface area contributed by atoms with Crippen LogP contribution in [0.2, 0.25) is 0 Å². The fourth-order valence-corrected chi connectivity index (χ4v) is 2.77. The maximum atomic E-state index is 12.1. The van der Waals surface area contributed by atoms with E-state index in [1.54, 1.807) is 7.11 Å². The summed E-state index contributed by atoms with van der Waals surface area (Å²) in [4.78, 5) is 12.1. The monoisotopic (exact) mass is 230 g/mol. The summed E-state index contributed by atoms with van der Waals surface area (Å²) in [5.74, 6) is 1.34. The highest BCUT2D eigenvalue weighted by Gasteiger charge is 2.51. The van der Waals surface area contributed by atoms with Crippen molar-refractivity contribution in [2.75, 3.05) is 7.11 Å². The maximum Gasteiger partial charge on any atom is 0.146 e. The summed E-state index contributed by atoms with van der Waals surface area (Å²) in [6, 6.07) is 7.81. The molecule has 0 heterocycles. The van der Waals surface area contributed by atoms with E-state index >= 15 is 0 Å². The molecule has 2 atom stereocenters. The lowest BCUT2D eigenvalue weighted by Gasteiger charge is -2.44.